The molecule has 1 unspecified atom stereocenters. The average Bonchev–Trinajstić information content (AvgIpc) is 3.04. The highest BCUT2D eigenvalue weighted by Gasteiger charge is 2.46. The number of benzene rings is 3. The van der Waals surface area contributed by atoms with Crippen LogP contribution < -0.4 is 4.74 Å². The highest BCUT2D eigenvalue weighted by molar-refractivity contribution is 6.46. The summed E-state index contributed by atoms with van der Waals surface area (Å²) in [5.41, 5.74) is 2.17. The minimum atomic E-state index is -0.817. The fraction of sp³-hybridized carbons (Fsp3) is 0.241. The molecule has 5 nitrogen and oxygen atoms in total. The molecule has 0 spiro atoms. The molecule has 1 aliphatic rings. The van der Waals surface area contributed by atoms with Crippen molar-refractivity contribution >= 4 is 17.4 Å². The maximum atomic E-state index is 13.5. The molecule has 3 aromatic carbocycles. The smallest absolute Gasteiger partial charge is 0.295 e. The summed E-state index contributed by atoms with van der Waals surface area (Å²) in [4.78, 5) is 28.0. The van der Waals surface area contributed by atoms with Gasteiger partial charge in [0.15, 0.2) is 0 Å². The molecular formula is C29H28FNO4. The minimum absolute atomic E-state index is 0.0265. The molecule has 35 heavy (non-hydrogen) atoms. The Balaban J connectivity index is 1.85. The van der Waals surface area contributed by atoms with Gasteiger partial charge in [0.05, 0.1) is 18.2 Å². The molecule has 1 N–H and O–H groups in total. The first kappa shape index (κ1) is 24.2. The number of aliphatic hydroxyl groups is 1. The number of likely N-dealkylation sites (tertiary alicyclic amines) is 1. The number of hydrogen-bond donors (Lipinski definition) is 1. The Morgan fingerprint density at radius 2 is 1.69 bits per heavy atom. The largest absolute Gasteiger partial charge is 0.507 e. The minimum Gasteiger partial charge on any atom is -0.507 e. The number of carbonyl (C=O) groups excluding carboxylic acids is 2. The number of hydrogen-bond acceptors (Lipinski definition) is 4. The first-order valence-corrected chi connectivity index (χ1v) is 11.4. The Morgan fingerprint density at radius 1 is 1.00 bits per heavy atom. The Labute approximate surface area is 204 Å². The van der Waals surface area contributed by atoms with Crippen LogP contribution in [0.5, 0.6) is 5.75 Å². The van der Waals surface area contributed by atoms with Crippen LogP contribution in [0.25, 0.3) is 5.76 Å². The first-order valence-electron chi connectivity index (χ1n) is 11.4. The fourth-order valence-corrected chi connectivity index (χ4v) is 4.24. The van der Waals surface area contributed by atoms with Crippen molar-refractivity contribution in [2.75, 3.05) is 0 Å². The molecule has 1 saturated heterocycles. The Kier molecular flexibility index (Phi) is 6.48. The van der Waals surface area contributed by atoms with E-state index in [0.29, 0.717) is 11.3 Å². The molecule has 3 aromatic rings. The summed E-state index contributed by atoms with van der Waals surface area (Å²) in [5, 5.41) is 11.1. The van der Waals surface area contributed by atoms with Crippen LogP contribution in [0, 0.1) is 12.7 Å². The molecule has 0 aromatic heterocycles. The van der Waals surface area contributed by atoms with E-state index in [9.17, 15) is 19.1 Å². The lowest BCUT2D eigenvalue weighted by Crippen LogP contribution is -2.30. The topological polar surface area (TPSA) is 66.8 Å². The van der Waals surface area contributed by atoms with Crippen LogP contribution >= 0.6 is 0 Å². The Hall–Kier alpha value is -3.93. The van der Waals surface area contributed by atoms with Crippen molar-refractivity contribution in [3.8, 4) is 5.75 Å². The molecule has 4 rings (SSSR count). The lowest BCUT2D eigenvalue weighted by Gasteiger charge is -2.28. The van der Waals surface area contributed by atoms with Crippen molar-refractivity contribution in [3.63, 3.8) is 0 Å². The summed E-state index contributed by atoms with van der Waals surface area (Å²) < 4.78 is 19.6. The number of nitrogens with zero attached hydrogens (tertiary/aromatic N) is 1. The number of ketones is 1. The lowest BCUT2D eigenvalue weighted by atomic mass is 9.94. The molecule has 1 aliphatic heterocycles. The van der Waals surface area contributed by atoms with Gasteiger partial charge in [0.1, 0.15) is 22.9 Å². The molecule has 180 valence electrons. The van der Waals surface area contributed by atoms with Crippen LogP contribution in [-0.2, 0) is 16.1 Å². The number of amides is 1. The SMILES string of the molecule is Cc1cccc(C2/C(=C(\O)c3ccc(F)cc3)C(=O)C(=O)N2Cc2ccccc2OC(C)(C)C)c1. The van der Waals surface area contributed by atoms with E-state index in [1.807, 2.05) is 76.2 Å². The quantitative estimate of drug-likeness (QED) is 0.283. The summed E-state index contributed by atoms with van der Waals surface area (Å²) in [6, 6.07) is 19.2. The number of ether oxygens (including phenoxy) is 1. The van der Waals surface area contributed by atoms with E-state index in [0.717, 1.165) is 11.1 Å². The lowest BCUT2D eigenvalue weighted by molar-refractivity contribution is -0.140. The molecule has 0 aliphatic carbocycles. The number of aliphatic hydroxyl groups excluding tert-OH is 1. The zero-order chi connectivity index (χ0) is 25.3. The third-order valence-corrected chi connectivity index (χ3v) is 5.74. The summed E-state index contributed by atoms with van der Waals surface area (Å²) in [6.07, 6.45) is 0. The van der Waals surface area contributed by atoms with E-state index in [-0.39, 0.29) is 23.4 Å². The molecule has 1 amide bonds. The van der Waals surface area contributed by atoms with E-state index in [1.165, 1.54) is 29.2 Å². The fourth-order valence-electron chi connectivity index (χ4n) is 4.24. The normalized spacial score (nSPS) is 17.6. The van der Waals surface area contributed by atoms with Crippen molar-refractivity contribution in [2.45, 2.75) is 45.9 Å². The summed E-state index contributed by atoms with van der Waals surface area (Å²) in [6.45, 7) is 7.83. The van der Waals surface area contributed by atoms with Gasteiger partial charge in [0, 0.05) is 11.1 Å². The van der Waals surface area contributed by atoms with Crippen molar-refractivity contribution in [1.82, 2.24) is 4.90 Å². The third kappa shape index (κ3) is 5.11. The van der Waals surface area contributed by atoms with Crippen molar-refractivity contribution in [1.29, 1.82) is 0 Å². The predicted molar refractivity (Wildman–Crippen MR) is 132 cm³/mol. The standard InChI is InChI=1S/C29H28FNO4/c1-18-8-7-10-20(16-18)25-24(26(32)19-12-14-22(30)15-13-19)27(33)28(34)31(25)17-21-9-5-6-11-23(21)35-29(2,3)4/h5-16,25,32H,17H2,1-4H3/b26-24+. The van der Waals surface area contributed by atoms with Gasteiger partial charge in [-0.2, -0.15) is 0 Å². The van der Waals surface area contributed by atoms with Gasteiger partial charge in [-0.15, -0.1) is 0 Å². The average molecular weight is 474 g/mol. The zero-order valence-corrected chi connectivity index (χ0v) is 20.2. The van der Waals surface area contributed by atoms with E-state index in [2.05, 4.69) is 0 Å². The molecular weight excluding hydrogens is 445 g/mol. The number of carbonyl (C=O) groups is 2. The van der Waals surface area contributed by atoms with Crippen LogP contribution in [-0.4, -0.2) is 27.3 Å². The highest BCUT2D eigenvalue weighted by Crippen LogP contribution is 2.41. The Bertz CT molecular complexity index is 1300. The van der Waals surface area contributed by atoms with Gasteiger partial charge in [-0.25, -0.2) is 4.39 Å². The van der Waals surface area contributed by atoms with Gasteiger partial charge in [-0.05, 0) is 63.6 Å². The second-order valence-electron chi connectivity index (χ2n) is 9.67. The maximum absolute atomic E-state index is 13.5. The van der Waals surface area contributed by atoms with E-state index >= 15 is 0 Å². The number of halogens is 1. The molecule has 0 saturated carbocycles. The number of Topliss-reactive ketones (excluding diaryl/α,β-unsaturated/α-hetero) is 1. The number of rotatable bonds is 5. The Morgan fingerprint density at radius 3 is 2.34 bits per heavy atom. The van der Waals surface area contributed by atoms with Gasteiger partial charge in [0.25, 0.3) is 11.7 Å². The van der Waals surface area contributed by atoms with Crippen molar-refractivity contribution < 1.29 is 23.8 Å². The van der Waals surface area contributed by atoms with E-state index in [4.69, 9.17) is 4.74 Å². The first-order chi connectivity index (χ1) is 16.5. The number of para-hydroxylation sites is 1. The van der Waals surface area contributed by atoms with Gasteiger partial charge < -0.3 is 14.7 Å². The van der Waals surface area contributed by atoms with Crippen LogP contribution in [0.4, 0.5) is 4.39 Å². The van der Waals surface area contributed by atoms with Crippen LogP contribution in [0.1, 0.15) is 49.1 Å². The van der Waals surface area contributed by atoms with Gasteiger partial charge in [-0.1, -0.05) is 48.0 Å². The van der Waals surface area contributed by atoms with Gasteiger partial charge in [-0.3, -0.25) is 9.59 Å². The van der Waals surface area contributed by atoms with Gasteiger partial charge >= 0.3 is 0 Å². The maximum Gasteiger partial charge on any atom is 0.295 e. The number of aryl methyl sites for hydroxylation is 1. The van der Waals surface area contributed by atoms with Crippen molar-refractivity contribution in [2.24, 2.45) is 0 Å². The zero-order valence-electron chi connectivity index (χ0n) is 20.2. The van der Waals surface area contributed by atoms with Gasteiger partial charge in [0.2, 0.25) is 0 Å². The van der Waals surface area contributed by atoms with E-state index in [1.54, 1.807) is 0 Å². The summed E-state index contributed by atoms with van der Waals surface area (Å²) in [7, 11) is 0. The second kappa shape index (κ2) is 9.37. The summed E-state index contributed by atoms with van der Waals surface area (Å²) in [5.74, 6) is -1.69. The molecule has 1 fully saturated rings. The van der Waals surface area contributed by atoms with Crippen molar-refractivity contribution in [3.05, 3.63) is 106 Å². The second-order valence-corrected chi connectivity index (χ2v) is 9.67. The molecule has 0 bridgehead atoms. The molecule has 1 heterocycles. The van der Waals surface area contributed by atoms with Crippen LogP contribution in [0.3, 0.4) is 0 Å². The van der Waals surface area contributed by atoms with E-state index < -0.39 is 29.2 Å². The summed E-state index contributed by atoms with van der Waals surface area (Å²) >= 11 is 0. The molecule has 6 heteroatoms. The van der Waals surface area contributed by atoms with Crippen LogP contribution in [0.2, 0.25) is 0 Å². The molecule has 1 atom stereocenters. The third-order valence-electron chi connectivity index (χ3n) is 5.74. The predicted octanol–water partition coefficient (Wildman–Crippen LogP) is 5.93. The van der Waals surface area contributed by atoms with Crippen LogP contribution in [0.15, 0.2) is 78.4 Å². The highest BCUT2D eigenvalue weighted by atomic mass is 19.1. The molecule has 0 radical (unpaired) electrons. The monoisotopic (exact) mass is 473 g/mol.